The average Bonchev–Trinajstić information content (AvgIpc) is 2.87. The number of allylic oxidation sites excluding steroid dienone is 3. The van der Waals surface area contributed by atoms with E-state index in [1.54, 1.807) is 49.6 Å². The Bertz CT molecular complexity index is 1260. The first-order valence-corrected chi connectivity index (χ1v) is 11.0. The van der Waals surface area contributed by atoms with Gasteiger partial charge in [0, 0.05) is 24.1 Å². The number of amides is 1. The highest BCUT2D eigenvalue weighted by Gasteiger charge is 2.38. The smallest absolute Gasteiger partial charge is 0.262 e. The molecule has 1 amide bonds. The second kappa shape index (κ2) is 10.2. The number of carbonyl (C=O) groups is 2. The number of methoxy groups -OCH3 is 2. The summed E-state index contributed by atoms with van der Waals surface area (Å²) in [7, 11) is 3.04. The number of nitriles is 1. The Balaban J connectivity index is 1.54. The van der Waals surface area contributed by atoms with Crippen molar-refractivity contribution in [3.05, 3.63) is 70.8 Å². The van der Waals surface area contributed by atoms with Gasteiger partial charge in [-0.1, -0.05) is 6.07 Å². The summed E-state index contributed by atoms with van der Waals surface area (Å²) in [6.45, 7) is -0.247. The number of Topliss-reactive ketones (excluding diaryl/α,β-unsaturated/α-hetero) is 1. The van der Waals surface area contributed by atoms with Crippen molar-refractivity contribution in [1.82, 2.24) is 0 Å². The molecule has 2 aromatic rings. The van der Waals surface area contributed by atoms with Crippen LogP contribution >= 0.6 is 0 Å². The van der Waals surface area contributed by atoms with Crippen molar-refractivity contribution >= 4 is 17.4 Å². The molecule has 1 atom stereocenters. The second-order valence-corrected chi connectivity index (χ2v) is 8.01. The Morgan fingerprint density at radius 3 is 2.60 bits per heavy atom. The summed E-state index contributed by atoms with van der Waals surface area (Å²) >= 11 is 0. The fourth-order valence-corrected chi connectivity index (χ4v) is 4.19. The number of rotatable bonds is 7. The molecule has 35 heavy (non-hydrogen) atoms. The van der Waals surface area contributed by atoms with Gasteiger partial charge in [0.25, 0.3) is 5.91 Å². The maximum atomic E-state index is 12.7. The van der Waals surface area contributed by atoms with Gasteiger partial charge in [0.1, 0.15) is 23.2 Å². The van der Waals surface area contributed by atoms with Crippen LogP contribution in [-0.4, -0.2) is 32.5 Å². The largest absolute Gasteiger partial charge is 0.497 e. The van der Waals surface area contributed by atoms with E-state index in [2.05, 4.69) is 11.4 Å². The third kappa shape index (κ3) is 4.92. The lowest BCUT2D eigenvalue weighted by molar-refractivity contribution is -0.118. The molecular formula is C26H25N3O6. The highest BCUT2D eigenvalue weighted by Crippen LogP contribution is 2.45. The van der Waals surface area contributed by atoms with Crippen molar-refractivity contribution in [3.8, 4) is 23.3 Å². The Hall–Kier alpha value is -4.45. The summed E-state index contributed by atoms with van der Waals surface area (Å²) < 4.78 is 21.9. The zero-order chi connectivity index (χ0) is 24.9. The van der Waals surface area contributed by atoms with Crippen molar-refractivity contribution in [2.24, 2.45) is 5.73 Å². The lowest BCUT2D eigenvalue weighted by Gasteiger charge is -2.31. The number of nitrogens with zero attached hydrogens (tertiary/aromatic N) is 1. The zero-order valence-corrected chi connectivity index (χ0v) is 19.4. The third-order valence-corrected chi connectivity index (χ3v) is 5.86. The van der Waals surface area contributed by atoms with E-state index in [4.69, 9.17) is 24.7 Å². The maximum absolute atomic E-state index is 12.7. The summed E-state index contributed by atoms with van der Waals surface area (Å²) in [5.41, 5.74) is 7.89. The molecule has 2 aromatic carbocycles. The lowest BCUT2D eigenvalue weighted by atomic mass is 9.77. The fourth-order valence-electron chi connectivity index (χ4n) is 4.19. The Labute approximate surface area is 202 Å². The van der Waals surface area contributed by atoms with E-state index in [9.17, 15) is 14.9 Å². The van der Waals surface area contributed by atoms with Crippen LogP contribution in [0.2, 0.25) is 0 Å². The summed E-state index contributed by atoms with van der Waals surface area (Å²) in [4.78, 5) is 25.1. The monoisotopic (exact) mass is 475 g/mol. The number of anilines is 1. The van der Waals surface area contributed by atoms with Gasteiger partial charge in [-0.05, 0) is 48.4 Å². The van der Waals surface area contributed by atoms with Gasteiger partial charge in [0.15, 0.2) is 23.9 Å². The number of carbonyl (C=O) groups excluding carboxylic acids is 2. The first-order valence-electron chi connectivity index (χ1n) is 11.0. The molecule has 0 fully saturated rings. The Morgan fingerprint density at radius 2 is 1.91 bits per heavy atom. The molecule has 0 saturated heterocycles. The fraction of sp³-hybridized carbons (Fsp3) is 0.269. The molecule has 0 saturated carbocycles. The number of hydrogen-bond donors (Lipinski definition) is 2. The van der Waals surface area contributed by atoms with Gasteiger partial charge in [-0.15, -0.1) is 0 Å². The number of nitrogens with two attached hydrogens (primary N) is 1. The van der Waals surface area contributed by atoms with Crippen molar-refractivity contribution in [2.45, 2.75) is 25.2 Å². The summed E-state index contributed by atoms with van der Waals surface area (Å²) in [5, 5.41) is 12.5. The third-order valence-electron chi connectivity index (χ3n) is 5.86. The van der Waals surface area contributed by atoms with Crippen LogP contribution in [0.5, 0.6) is 17.2 Å². The predicted octanol–water partition coefficient (Wildman–Crippen LogP) is 3.54. The molecule has 0 radical (unpaired) electrons. The van der Waals surface area contributed by atoms with Gasteiger partial charge >= 0.3 is 0 Å². The predicted molar refractivity (Wildman–Crippen MR) is 127 cm³/mol. The second-order valence-electron chi connectivity index (χ2n) is 8.01. The van der Waals surface area contributed by atoms with E-state index in [0.717, 1.165) is 0 Å². The molecule has 180 valence electrons. The zero-order valence-electron chi connectivity index (χ0n) is 19.4. The molecular weight excluding hydrogens is 450 g/mol. The first-order chi connectivity index (χ1) is 16.9. The Kier molecular flexibility index (Phi) is 6.92. The van der Waals surface area contributed by atoms with Crippen molar-refractivity contribution in [1.29, 1.82) is 5.26 Å². The molecule has 4 rings (SSSR count). The van der Waals surface area contributed by atoms with E-state index < -0.39 is 5.92 Å². The molecule has 9 nitrogen and oxygen atoms in total. The summed E-state index contributed by atoms with van der Waals surface area (Å²) in [6, 6.07) is 14.1. The van der Waals surface area contributed by atoms with Gasteiger partial charge in [-0.3, -0.25) is 9.59 Å². The van der Waals surface area contributed by atoms with Gasteiger partial charge in [0.05, 0.1) is 20.1 Å². The highest BCUT2D eigenvalue weighted by atomic mass is 16.5. The molecule has 0 unspecified atom stereocenters. The van der Waals surface area contributed by atoms with Crippen LogP contribution < -0.4 is 25.3 Å². The van der Waals surface area contributed by atoms with Crippen LogP contribution in [0.1, 0.15) is 30.7 Å². The number of nitrogens with one attached hydrogen (secondary N) is 1. The van der Waals surface area contributed by atoms with Crippen molar-refractivity contribution in [2.75, 3.05) is 26.1 Å². The van der Waals surface area contributed by atoms with Crippen molar-refractivity contribution in [3.63, 3.8) is 0 Å². The van der Waals surface area contributed by atoms with Crippen LogP contribution in [0.15, 0.2) is 65.3 Å². The standard InChI is InChI=1S/C26H25N3O6/c1-32-17-9-7-16(8-10-17)29-23(31)14-34-20-11-6-15(12-22(20)33-2)24-18(13-27)26(28)35-21-5-3-4-19(30)25(21)24/h6-12,24H,3-5,14,28H2,1-2H3,(H,29,31)/t24-/m0/s1. The van der Waals surface area contributed by atoms with Crippen LogP contribution in [-0.2, 0) is 14.3 Å². The van der Waals surface area contributed by atoms with Crippen molar-refractivity contribution < 1.29 is 28.5 Å². The number of hydrogen-bond acceptors (Lipinski definition) is 8. The van der Waals surface area contributed by atoms with Crippen LogP contribution in [0.4, 0.5) is 5.69 Å². The number of ketones is 1. The first kappa shape index (κ1) is 23.7. The maximum Gasteiger partial charge on any atom is 0.262 e. The minimum Gasteiger partial charge on any atom is -0.497 e. The summed E-state index contributed by atoms with van der Waals surface area (Å²) in [5.74, 6) is 0.820. The molecule has 1 heterocycles. The number of benzene rings is 2. The minimum atomic E-state index is -0.655. The van der Waals surface area contributed by atoms with Gasteiger partial charge in [-0.2, -0.15) is 5.26 Å². The Morgan fingerprint density at radius 1 is 1.14 bits per heavy atom. The molecule has 0 bridgehead atoms. The topological polar surface area (TPSA) is 133 Å². The normalized spacial score (nSPS) is 17.2. The molecule has 0 spiro atoms. The lowest BCUT2D eigenvalue weighted by Crippen LogP contribution is -2.27. The average molecular weight is 476 g/mol. The molecule has 9 heteroatoms. The van der Waals surface area contributed by atoms with Gasteiger partial charge in [-0.25, -0.2) is 0 Å². The van der Waals surface area contributed by atoms with Crippen LogP contribution in [0.25, 0.3) is 0 Å². The van der Waals surface area contributed by atoms with Crippen LogP contribution in [0.3, 0.4) is 0 Å². The molecule has 3 N–H and O–H groups in total. The van der Waals surface area contributed by atoms with Gasteiger partial charge in [0.2, 0.25) is 5.88 Å². The van der Waals surface area contributed by atoms with E-state index >= 15 is 0 Å². The quantitative estimate of drug-likeness (QED) is 0.621. The SMILES string of the molecule is COc1ccc(NC(=O)COc2ccc([C@H]3C(C#N)=C(N)OC4=C3C(=O)CCC4)cc2OC)cc1. The number of ether oxygens (including phenoxy) is 4. The molecule has 0 aromatic heterocycles. The molecule has 2 aliphatic rings. The van der Waals surface area contributed by atoms with E-state index in [0.29, 0.717) is 59.1 Å². The van der Waals surface area contributed by atoms with E-state index in [1.807, 2.05) is 0 Å². The van der Waals surface area contributed by atoms with E-state index in [1.165, 1.54) is 7.11 Å². The minimum absolute atomic E-state index is 0.000413. The van der Waals surface area contributed by atoms with Gasteiger partial charge < -0.3 is 30.0 Å². The van der Waals surface area contributed by atoms with Crippen LogP contribution in [0, 0.1) is 11.3 Å². The molecule has 1 aliphatic carbocycles. The highest BCUT2D eigenvalue weighted by molar-refractivity contribution is 5.99. The van der Waals surface area contributed by atoms with E-state index in [-0.39, 0.29) is 29.8 Å². The summed E-state index contributed by atoms with van der Waals surface area (Å²) in [6.07, 6.45) is 1.64. The molecule has 1 aliphatic heterocycles.